The number of carbonyl (C=O) groups excluding carboxylic acids is 2. The second kappa shape index (κ2) is 9.92. The average molecular weight is 464 g/mol. The van der Waals surface area contributed by atoms with Crippen molar-refractivity contribution in [2.75, 3.05) is 7.11 Å². The van der Waals surface area contributed by atoms with Crippen LogP contribution in [0.4, 0.5) is 9.18 Å². The average Bonchev–Trinajstić information content (AvgIpc) is 3.07. The molecular formula is C26H22FNO4S. The molecule has 0 aliphatic carbocycles. The molecule has 2 amide bonds. The van der Waals surface area contributed by atoms with Crippen LogP contribution in [-0.2, 0) is 17.9 Å². The van der Waals surface area contributed by atoms with Crippen molar-refractivity contribution in [3.05, 3.63) is 99.7 Å². The fourth-order valence-electron chi connectivity index (χ4n) is 3.30. The number of benzene rings is 3. The van der Waals surface area contributed by atoms with E-state index in [1.54, 1.807) is 43.5 Å². The summed E-state index contributed by atoms with van der Waals surface area (Å²) in [5.74, 6) is 0.363. The molecule has 0 spiro atoms. The number of ether oxygens (including phenoxy) is 2. The van der Waals surface area contributed by atoms with Gasteiger partial charge in [-0.05, 0) is 65.7 Å². The summed E-state index contributed by atoms with van der Waals surface area (Å²) < 4.78 is 24.5. The van der Waals surface area contributed by atoms with Crippen LogP contribution < -0.4 is 9.47 Å². The number of carbonyl (C=O) groups is 2. The summed E-state index contributed by atoms with van der Waals surface area (Å²) in [6, 6.07) is 19.2. The third kappa shape index (κ3) is 5.43. The smallest absolute Gasteiger partial charge is 0.293 e. The van der Waals surface area contributed by atoms with E-state index >= 15 is 0 Å². The van der Waals surface area contributed by atoms with Gasteiger partial charge in [0.2, 0.25) is 0 Å². The fourth-order valence-corrected chi connectivity index (χ4v) is 4.14. The Bertz CT molecular complexity index is 1210. The Morgan fingerprint density at radius 2 is 1.64 bits per heavy atom. The predicted octanol–water partition coefficient (Wildman–Crippen LogP) is 5.96. The van der Waals surface area contributed by atoms with Crippen molar-refractivity contribution in [3.63, 3.8) is 0 Å². The van der Waals surface area contributed by atoms with Gasteiger partial charge in [-0.15, -0.1) is 0 Å². The molecule has 0 atom stereocenters. The monoisotopic (exact) mass is 463 g/mol. The Morgan fingerprint density at radius 3 is 2.33 bits per heavy atom. The van der Waals surface area contributed by atoms with Gasteiger partial charge < -0.3 is 9.47 Å². The SMILES string of the molecule is COc1cc(/C=C2/SC(=O)N(Cc3ccc(F)cc3)C2=O)ccc1OCc1ccc(C)cc1. The molecule has 33 heavy (non-hydrogen) atoms. The minimum absolute atomic E-state index is 0.0946. The van der Waals surface area contributed by atoms with Gasteiger partial charge in [0.25, 0.3) is 11.1 Å². The first-order valence-corrected chi connectivity index (χ1v) is 11.1. The molecule has 3 aromatic rings. The maximum Gasteiger partial charge on any atom is 0.293 e. The summed E-state index contributed by atoms with van der Waals surface area (Å²) in [5, 5.41) is -0.361. The lowest BCUT2D eigenvalue weighted by molar-refractivity contribution is -0.123. The van der Waals surface area contributed by atoms with E-state index in [0.29, 0.717) is 34.1 Å². The first-order valence-electron chi connectivity index (χ1n) is 10.3. The Labute approximate surface area is 195 Å². The summed E-state index contributed by atoms with van der Waals surface area (Å²) >= 11 is 0.878. The quantitative estimate of drug-likeness (QED) is 0.405. The zero-order valence-electron chi connectivity index (χ0n) is 18.2. The maximum absolute atomic E-state index is 13.1. The molecule has 0 radical (unpaired) electrons. The largest absolute Gasteiger partial charge is 0.493 e. The van der Waals surface area contributed by atoms with Crippen LogP contribution in [0.1, 0.15) is 22.3 Å². The van der Waals surface area contributed by atoms with Gasteiger partial charge in [-0.25, -0.2) is 4.39 Å². The molecule has 1 fully saturated rings. The summed E-state index contributed by atoms with van der Waals surface area (Å²) in [4.78, 5) is 26.6. The molecule has 7 heteroatoms. The molecule has 0 bridgehead atoms. The van der Waals surface area contributed by atoms with Gasteiger partial charge in [0.15, 0.2) is 11.5 Å². The van der Waals surface area contributed by atoms with Gasteiger partial charge >= 0.3 is 0 Å². The summed E-state index contributed by atoms with van der Waals surface area (Å²) in [5.41, 5.74) is 3.61. The minimum Gasteiger partial charge on any atom is -0.493 e. The van der Waals surface area contributed by atoms with Crippen LogP contribution in [0, 0.1) is 12.7 Å². The van der Waals surface area contributed by atoms with E-state index in [9.17, 15) is 14.0 Å². The van der Waals surface area contributed by atoms with E-state index < -0.39 is 0 Å². The van der Waals surface area contributed by atoms with Gasteiger partial charge in [-0.2, -0.15) is 0 Å². The highest BCUT2D eigenvalue weighted by atomic mass is 32.2. The van der Waals surface area contributed by atoms with Crippen LogP contribution in [0.2, 0.25) is 0 Å². The number of hydrogen-bond acceptors (Lipinski definition) is 5. The van der Waals surface area contributed by atoms with E-state index in [1.165, 1.54) is 17.7 Å². The number of thioether (sulfide) groups is 1. The Hall–Kier alpha value is -3.58. The Balaban J connectivity index is 1.47. The van der Waals surface area contributed by atoms with Crippen molar-refractivity contribution in [2.45, 2.75) is 20.1 Å². The third-order valence-electron chi connectivity index (χ3n) is 5.13. The van der Waals surface area contributed by atoms with Gasteiger partial charge in [-0.1, -0.05) is 48.0 Å². The molecular weight excluding hydrogens is 441 g/mol. The van der Waals surface area contributed by atoms with Gasteiger partial charge in [-0.3, -0.25) is 14.5 Å². The maximum atomic E-state index is 13.1. The number of nitrogens with zero attached hydrogens (tertiary/aromatic N) is 1. The lowest BCUT2D eigenvalue weighted by Crippen LogP contribution is -2.27. The number of imide groups is 1. The summed E-state index contributed by atoms with van der Waals surface area (Å²) in [6.07, 6.45) is 1.65. The minimum atomic E-state index is -0.381. The fraction of sp³-hybridized carbons (Fsp3) is 0.154. The number of rotatable bonds is 7. The molecule has 1 saturated heterocycles. The molecule has 1 heterocycles. The van der Waals surface area contributed by atoms with Crippen molar-refractivity contribution >= 4 is 29.0 Å². The number of hydrogen-bond donors (Lipinski definition) is 0. The number of halogens is 1. The molecule has 0 unspecified atom stereocenters. The number of methoxy groups -OCH3 is 1. The van der Waals surface area contributed by atoms with Crippen LogP contribution in [0.25, 0.3) is 6.08 Å². The molecule has 0 N–H and O–H groups in total. The molecule has 1 aliphatic rings. The van der Waals surface area contributed by atoms with Crippen LogP contribution in [0.15, 0.2) is 71.6 Å². The van der Waals surface area contributed by atoms with Gasteiger partial charge in [0, 0.05) is 0 Å². The summed E-state index contributed by atoms with van der Waals surface area (Å²) in [7, 11) is 1.55. The van der Waals surface area contributed by atoms with Crippen molar-refractivity contribution in [1.82, 2.24) is 4.90 Å². The Kier molecular flexibility index (Phi) is 6.79. The molecule has 168 valence electrons. The number of aryl methyl sites for hydroxylation is 1. The second-order valence-electron chi connectivity index (χ2n) is 7.58. The second-order valence-corrected chi connectivity index (χ2v) is 8.57. The van der Waals surface area contributed by atoms with Gasteiger partial charge in [0.05, 0.1) is 18.6 Å². The molecule has 0 saturated carbocycles. The third-order valence-corrected chi connectivity index (χ3v) is 6.04. The van der Waals surface area contributed by atoms with Crippen molar-refractivity contribution in [3.8, 4) is 11.5 Å². The molecule has 0 aromatic heterocycles. The highest BCUT2D eigenvalue weighted by Gasteiger charge is 2.35. The molecule has 1 aliphatic heterocycles. The Morgan fingerprint density at radius 1 is 0.939 bits per heavy atom. The van der Waals surface area contributed by atoms with E-state index in [1.807, 2.05) is 31.2 Å². The van der Waals surface area contributed by atoms with Crippen molar-refractivity contribution < 1.29 is 23.5 Å². The number of amides is 2. The highest BCUT2D eigenvalue weighted by Crippen LogP contribution is 2.35. The molecule has 5 nitrogen and oxygen atoms in total. The first kappa shape index (κ1) is 22.6. The zero-order valence-corrected chi connectivity index (χ0v) is 19.0. The highest BCUT2D eigenvalue weighted by molar-refractivity contribution is 8.18. The van der Waals surface area contributed by atoms with E-state index in [4.69, 9.17) is 9.47 Å². The topological polar surface area (TPSA) is 55.8 Å². The van der Waals surface area contributed by atoms with Crippen LogP contribution >= 0.6 is 11.8 Å². The van der Waals surface area contributed by atoms with E-state index in [-0.39, 0.29) is 23.5 Å². The first-order chi connectivity index (χ1) is 15.9. The van der Waals surface area contributed by atoms with Crippen LogP contribution in [0.5, 0.6) is 11.5 Å². The van der Waals surface area contributed by atoms with Crippen LogP contribution in [-0.4, -0.2) is 23.2 Å². The van der Waals surface area contributed by atoms with Crippen molar-refractivity contribution in [2.24, 2.45) is 0 Å². The standard InChI is InChI=1S/C26H22FNO4S/c1-17-3-5-19(6-4-17)16-32-22-12-9-20(13-23(22)31-2)14-24-25(29)28(26(30)33-24)15-18-7-10-21(27)11-8-18/h3-14H,15-16H2,1-2H3/b24-14+. The normalized spacial score (nSPS) is 14.8. The molecule has 4 rings (SSSR count). The molecule has 3 aromatic carbocycles. The zero-order chi connectivity index (χ0) is 23.4. The van der Waals surface area contributed by atoms with E-state index in [2.05, 4.69) is 0 Å². The lowest BCUT2D eigenvalue weighted by atomic mass is 10.1. The van der Waals surface area contributed by atoms with Crippen molar-refractivity contribution in [1.29, 1.82) is 0 Å². The predicted molar refractivity (Wildman–Crippen MR) is 126 cm³/mol. The summed E-state index contributed by atoms with van der Waals surface area (Å²) in [6.45, 7) is 2.53. The van der Waals surface area contributed by atoms with E-state index in [0.717, 1.165) is 22.2 Å². The van der Waals surface area contributed by atoms with Crippen LogP contribution in [0.3, 0.4) is 0 Å². The lowest BCUT2D eigenvalue weighted by Gasteiger charge is -2.12. The van der Waals surface area contributed by atoms with Gasteiger partial charge in [0.1, 0.15) is 12.4 Å².